The number of aryl methyl sites for hydroxylation is 3. The number of fused-ring (bicyclic) bond motifs is 1. The predicted octanol–water partition coefficient (Wildman–Crippen LogP) is 6.56. The average molecular weight is 493 g/mol. The van der Waals surface area contributed by atoms with Crippen LogP contribution in [0.3, 0.4) is 0 Å². The Morgan fingerprint density at radius 2 is 1.54 bits per heavy atom. The van der Waals surface area contributed by atoms with Crippen molar-refractivity contribution in [2.24, 2.45) is 5.10 Å². The first-order valence-corrected chi connectivity index (χ1v) is 12.3. The summed E-state index contributed by atoms with van der Waals surface area (Å²) < 4.78 is 11.6. The minimum Gasteiger partial charge on any atom is -0.453 e. The lowest BCUT2D eigenvalue weighted by atomic mass is 9.93. The summed E-state index contributed by atoms with van der Waals surface area (Å²) in [6.45, 7) is 5.73. The van der Waals surface area contributed by atoms with Crippen molar-refractivity contribution in [2.45, 2.75) is 40.0 Å². The van der Waals surface area contributed by atoms with Crippen molar-refractivity contribution in [2.75, 3.05) is 0 Å². The molecule has 0 unspecified atom stereocenters. The molecule has 4 aromatic rings. The maximum absolute atomic E-state index is 12.9. The number of nitrogens with one attached hydrogen (secondary N) is 1. The predicted molar refractivity (Wildman–Crippen MR) is 143 cm³/mol. The van der Waals surface area contributed by atoms with Gasteiger partial charge in [-0.3, -0.25) is 4.79 Å². The molecule has 5 rings (SSSR count). The molecule has 37 heavy (non-hydrogen) atoms. The molecule has 1 aliphatic carbocycles. The number of hydrogen-bond acceptors (Lipinski definition) is 5. The fourth-order valence-corrected chi connectivity index (χ4v) is 4.75. The van der Waals surface area contributed by atoms with Gasteiger partial charge in [0.05, 0.1) is 5.71 Å². The first-order chi connectivity index (χ1) is 17.9. The number of carbonyl (C=O) groups is 2. The lowest BCUT2D eigenvalue weighted by Crippen LogP contribution is -2.22. The largest absolute Gasteiger partial charge is 0.453 e. The van der Waals surface area contributed by atoms with Crippen molar-refractivity contribution in [3.63, 3.8) is 0 Å². The smallest absolute Gasteiger partial charge is 0.379 e. The molecule has 0 atom stereocenters. The summed E-state index contributed by atoms with van der Waals surface area (Å²) in [6, 6.07) is 23.1. The van der Waals surface area contributed by atoms with Gasteiger partial charge >= 0.3 is 5.97 Å². The van der Waals surface area contributed by atoms with Gasteiger partial charge in [-0.25, -0.2) is 10.2 Å². The van der Waals surface area contributed by atoms with Gasteiger partial charge in [-0.2, -0.15) is 5.10 Å². The standard InChI is InChI=1S/C31H28N2O4/c1-19-16-20(2)18-25(17-19)36-31(35)29-21(3)28-26(10-7-11-27(28)37-29)32-33-30(34)24-14-12-23(13-15-24)22-8-5-4-6-9-22/h4-6,8-9,12-18H,7,10-11H2,1-3H3,(H,33,34)/b32-26+. The summed E-state index contributed by atoms with van der Waals surface area (Å²) >= 11 is 0. The summed E-state index contributed by atoms with van der Waals surface area (Å²) in [7, 11) is 0. The van der Waals surface area contributed by atoms with Crippen LogP contribution in [0, 0.1) is 20.8 Å². The van der Waals surface area contributed by atoms with Crippen LogP contribution < -0.4 is 10.2 Å². The van der Waals surface area contributed by atoms with E-state index in [2.05, 4.69) is 10.5 Å². The maximum atomic E-state index is 12.9. The highest BCUT2D eigenvalue weighted by atomic mass is 16.5. The SMILES string of the molecule is Cc1cc(C)cc(OC(=O)c2oc3c(c2C)/C(=N/NC(=O)c2ccc(-c4ccccc4)cc2)CCC3)c1. The summed E-state index contributed by atoms with van der Waals surface area (Å²) in [5.74, 6) is 0.502. The van der Waals surface area contributed by atoms with E-state index in [1.165, 1.54) is 0 Å². The first kappa shape index (κ1) is 24.3. The minimum absolute atomic E-state index is 0.168. The second-order valence-corrected chi connectivity index (χ2v) is 9.36. The number of rotatable bonds is 5. The van der Waals surface area contributed by atoms with Crippen molar-refractivity contribution in [3.8, 4) is 16.9 Å². The first-order valence-electron chi connectivity index (χ1n) is 12.3. The van der Waals surface area contributed by atoms with Crippen LogP contribution in [-0.2, 0) is 6.42 Å². The number of ether oxygens (including phenoxy) is 1. The molecule has 0 radical (unpaired) electrons. The number of esters is 1. The van der Waals surface area contributed by atoms with Gasteiger partial charge in [0.1, 0.15) is 11.5 Å². The van der Waals surface area contributed by atoms with E-state index in [1.54, 1.807) is 12.1 Å². The fraction of sp³-hybridized carbons (Fsp3) is 0.194. The van der Waals surface area contributed by atoms with E-state index in [0.29, 0.717) is 41.2 Å². The molecule has 186 valence electrons. The van der Waals surface area contributed by atoms with Gasteiger partial charge in [0.2, 0.25) is 5.76 Å². The Morgan fingerprint density at radius 1 is 0.865 bits per heavy atom. The third-order valence-electron chi connectivity index (χ3n) is 6.46. The van der Waals surface area contributed by atoms with Gasteiger partial charge in [0.15, 0.2) is 0 Å². The van der Waals surface area contributed by atoms with Gasteiger partial charge in [-0.1, -0.05) is 48.5 Å². The molecule has 6 heteroatoms. The van der Waals surface area contributed by atoms with E-state index in [0.717, 1.165) is 34.2 Å². The van der Waals surface area contributed by atoms with Crippen LogP contribution in [-0.4, -0.2) is 17.6 Å². The second kappa shape index (κ2) is 10.3. The Morgan fingerprint density at radius 3 is 2.24 bits per heavy atom. The zero-order valence-electron chi connectivity index (χ0n) is 21.1. The third-order valence-corrected chi connectivity index (χ3v) is 6.46. The Labute approximate surface area is 216 Å². The van der Waals surface area contributed by atoms with Crippen LogP contribution in [0.15, 0.2) is 82.3 Å². The van der Waals surface area contributed by atoms with Gasteiger partial charge in [-0.15, -0.1) is 0 Å². The molecule has 0 saturated heterocycles. The Kier molecular flexibility index (Phi) is 6.73. The zero-order valence-corrected chi connectivity index (χ0v) is 21.1. The van der Waals surface area contributed by atoms with Gasteiger partial charge in [0, 0.05) is 23.1 Å². The van der Waals surface area contributed by atoms with Gasteiger partial charge in [-0.05, 0) is 80.1 Å². The van der Waals surface area contributed by atoms with Crippen LogP contribution in [0.1, 0.15) is 61.8 Å². The average Bonchev–Trinajstić information content (AvgIpc) is 3.24. The van der Waals surface area contributed by atoms with E-state index >= 15 is 0 Å². The van der Waals surface area contributed by atoms with Gasteiger partial charge < -0.3 is 9.15 Å². The van der Waals surface area contributed by atoms with Crippen LogP contribution in [0.25, 0.3) is 11.1 Å². The molecule has 1 heterocycles. The number of hydrazone groups is 1. The molecule has 0 saturated carbocycles. The second-order valence-electron chi connectivity index (χ2n) is 9.36. The molecule has 0 bridgehead atoms. The minimum atomic E-state index is -0.543. The molecule has 3 aromatic carbocycles. The van der Waals surface area contributed by atoms with E-state index in [1.807, 2.05) is 81.4 Å². The zero-order chi connectivity index (χ0) is 25.9. The van der Waals surface area contributed by atoms with E-state index < -0.39 is 5.97 Å². The molecule has 6 nitrogen and oxygen atoms in total. The molecule has 0 fully saturated rings. The number of hydrogen-bond donors (Lipinski definition) is 1. The molecule has 1 aliphatic rings. The van der Waals surface area contributed by atoms with Crippen LogP contribution >= 0.6 is 0 Å². The number of furan rings is 1. The number of carbonyl (C=O) groups excluding carboxylic acids is 2. The normalized spacial score (nSPS) is 13.8. The van der Waals surface area contributed by atoms with Crippen molar-refractivity contribution < 1.29 is 18.7 Å². The molecular formula is C31H28N2O4. The highest BCUT2D eigenvalue weighted by molar-refractivity contribution is 6.06. The van der Waals surface area contributed by atoms with Crippen LogP contribution in [0.2, 0.25) is 0 Å². The lowest BCUT2D eigenvalue weighted by Gasteiger charge is -2.13. The molecule has 0 aliphatic heterocycles. The maximum Gasteiger partial charge on any atom is 0.379 e. The summed E-state index contributed by atoms with van der Waals surface area (Å²) in [4.78, 5) is 25.7. The summed E-state index contributed by atoms with van der Waals surface area (Å²) in [6.07, 6.45) is 2.18. The topological polar surface area (TPSA) is 80.9 Å². The van der Waals surface area contributed by atoms with E-state index in [-0.39, 0.29) is 11.7 Å². The Hall–Kier alpha value is -4.45. The van der Waals surface area contributed by atoms with Crippen LogP contribution in [0.4, 0.5) is 0 Å². The van der Waals surface area contributed by atoms with E-state index in [4.69, 9.17) is 9.15 Å². The number of nitrogens with zero attached hydrogens (tertiary/aromatic N) is 1. The molecule has 1 N–H and O–H groups in total. The summed E-state index contributed by atoms with van der Waals surface area (Å²) in [5.41, 5.74) is 9.49. The van der Waals surface area contributed by atoms with Crippen molar-refractivity contribution >= 4 is 17.6 Å². The number of amides is 1. The van der Waals surface area contributed by atoms with Crippen molar-refractivity contribution in [3.05, 3.63) is 112 Å². The van der Waals surface area contributed by atoms with Crippen LogP contribution in [0.5, 0.6) is 5.75 Å². The summed E-state index contributed by atoms with van der Waals surface area (Å²) in [5, 5.41) is 4.43. The molecule has 1 amide bonds. The van der Waals surface area contributed by atoms with E-state index in [9.17, 15) is 9.59 Å². The fourth-order valence-electron chi connectivity index (χ4n) is 4.75. The third kappa shape index (κ3) is 5.23. The van der Waals surface area contributed by atoms with Gasteiger partial charge in [0.25, 0.3) is 5.91 Å². The molecule has 1 aromatic heterocycles. The highest BCUT2D eigenvalue weighted by Crippen LogP contribution is 2.31. The lowest BCUT2D eigenvalue weighted by molar-refractivity contribution is 0.0698. The number of benzene rings is 3. The monoisotopic (exact) mass is 492 g/mol. The van der Waals surface area contributed by atoms with Crippen molar-refractivity contribution in [1.82, 2.24) is 5.43 Å². The molecule has 0 spiro atoms. The quantitative estimate of drug-likeness (QED) is 0.194. The Balaban J connectivity index is 1.33. The Bertz CT molecular complexity index is 1480. The highest BCUT2D eigenvalue weighted by Gasteiger charge is 2.29. The molecular weight excluding hydrogens is 464 g/mol. The van der Waals surface area contributed by atoms with Crippen molar-refractivity contribution in [1.29, 1.82) is 0 Å².